The van der Waals surface area contributed by atoms with Crippen LogP contribution >= 0.6 is 0 Å². The van der Waals surface area contributed by atoms with Gasteiger partial charge in [0.05, 0.1) is 5.69 Å². The summed E-state index contributed by atoms with van der Waals surface area (Å²) in [5.41, 5.74) is 3.45. The minimum atomic E-state index is 0.903. The zero-order valence-corrected chi connectivity index (χ0v) is 8.56. The van der Waals surface area contributed by atoms with Gasteiger partial charge in [0.15, 0.2) is 0 Å². The van der Waals surface area contributed by atoms with Crippen LogP contribution in [0.2, 0.25) is 0 Å². The lowest BCUT2D eigenvalue weighted by atomic mass is 10.1. The molecule has 0 unspecified atom stereocenters. The molecule has 0 atom stereocenters. The molecule has 1 aromatic carbocycles. The highest BCUT2D eigenvalue weighted by Crippen LogP contribution is 2.17. The Hall–Kier alpha value is -1.89. The van der Waals surface area contributed by atoms with Crippen molar-refractivity contribution in [1.29, 1.82) is 0 Å². The number of nitrogens with zero attached hydrogens (tertiary/aromatic N) is 1. The summed E-state index contributed by atoms with van der Waals surface area (Å²) in [4.78, 5) is 4.32. The highest BCUT2D eigenvalue weighted by molar-refractivity contribution is 5.59. The van der Waals surface area contributed by atoms with Gasteiger partial charge in [0.1, 0.15) is 0 Å². The molecule has 0 N–H and O–H groups in total. The molecule has 0 fully saturated rings. The van der Waals surface area contributed by atoms with Crippen molar-refractivity contribution in [3.8, 4) is 11.3 Å². The Morgan fingerprint density at radius 3 is 2.80 bits per heavy atom. The van der Waals surface area contributed by atoms with Crippen LogP contribution < -0.4 is 0 Å². The number of pyridine rings is 1. The van der Waals surface area contributed by atoms with Crippen LogP contribution in [0.1, 0.15) is 5.56 Å². The molecule has 1 heteroatoms. The minimum absolute atomic E-state index is 0.903. The van der Waals surface area contributed by atoms with Crippen molar-refractivity contribution in [1.82, 2.24) is 4.98 Å². The SMILES string of the molecule is C=CCc1cccc(-c2ccccn2)c1. The van der Waals surface area contributed by atoms with Gasteiger partial charge in [0.2, 0.25) is 0 Å². The predicted molar refractivity (Wildman–Crippen MR) is 63.6 cm³/mol. The van der Waals surface area contributed by atoms with Crippen LogP contribution in [-0.2, 0) is 6.42 Å². The lowest BCUT2D eigenvalue weighted by Crippen LogP contribution is -1.85. The van der Waals surface area contributed by atoms with Gasteiger partial charge in [-0.3, -0.25) is 4.98 Å². The van der Waals surface area contributed by atoms with Crippen LogP contribution in [-0.4, -0.2) is 4.98 Å². The average molecular weight is 195 g/mol. The first-order valence-electron chi connectivity index (χ1n) is 5.01. The molecule has 15 heavy (non-hydrogen) atoms. The highest BCUT2D eigenvalue weighted by Gasteiger charge is 1.98. The standard InChI is InChI=1S/C14H13N/c1-2-6-12-7-5-8-13(11-12)14-9-3-4-10-15-14/h2-5,7-11H,1,6H2. The summed E-state index contributed by atoms with van der Waals surface area (Å²) in [6, 6.07) is 14.3. The summed E-state index contributed by atoms with van der Waals surface area (Å²) in [6.07, 6.45) is 4.63. The lowest BCUT2D eigenvalue weighted by molar-refractivity contribution is 1.26. The van der Waals surface area contributed by atoms with Gasteiger partial charge >= 0.3 is 0 Å². The number of benzene rings is 1. The molecule has 0 saturated carbocycles. The molecule has 1 heterocycles. The summed E-state index contributed by atoms with van der Waals surface area (Å²) < 4.78 is 0. The molecule has 1 aromatic heterocycles. The summed E-state index contributed by atoms with van der Waals surface area (Å²) >= 11 is 0. The molecular formula is C14H13N. The first-order chi connectivity index (χ1) is 7.40. The van der Waals surface area contributed by atoms with Gasteiger partial charge in [-0.2, -0.15) is 0 Å². The van der Waals surface area contributed by atoms with Gasteiger partial charge in [-0.1, -0.05) is 30.3 Å². The maximum absolute atomic E-state index is 4.32. The fraction of sp³-hybridized carbons (Fsp3) is 0.0714. The first-order valence-corrected chi connectivity index (χ1v) is 5.01. The Bertz CT molecular complexity index is 446. The Kier molecular flexibility index (Phi) is 2.93. The molecule has 2 aromatic rings. The quantitative estimate of drug-likeness (QED) is 0.683. The number of rotatable bonds is 3. The zero-order valence-electron chi connectivity index (χ0n) is 8.56. The predicted octanol–water partition coefficient (Wildman–Crippen LogP) is 3.48. The number of allylic oxidation sites excluding steroid dienone is 1. The van der Waals surface area contributed by atoms with E-state index in [0.717, 1.165) is 17.7 Å². The maximum Gasteiger partial charge on any atom is 0.0702 e. The van der Waals surface area contributed by atoms with E-state index in [1.165, 1.54) is 5.56 Å². The fourth-order valence-corrected chi connectivity index (χ4v) is 1.56. The van der Waals surface area contributed by atoms with E-state index in [2.05, 4.69) is 35.8 Å². The van der Waals surface area contributed by atoms with E-state index < -0.39 is 0 Å². The molecule has 0 saturated heterocycles. The van der Waals surface area contributed by atoms with Crippen molar-refractivity contribution in [2.75, 3.05) is 0 Å². The summed E-state index contributed by atoms with van der Waals surface area (Å²) in [5, 5.41) is 0. The van der Waals surface area contributed by atoms with Crippen LogP contribution in [0.4, 0.5) is 0 Å². The largest absolute Gasteiger partial charge is 0.256 e. The molecule has 1 nitrogen and oxygen atoms in total. The van der Waals surface area contributed by atoms with E-state index in [1.807, 2.05) is 30.5 Å². The van der Waals surface area contributed by atoms with Crippen molar-refractivity contribution in [2.24, 2.45) is 0 Å². The third-order valence-corrected chi connectivity index (χ3v) is 2.27. The molecule has 0 bridgehead atoms. The van der Waals surface area contributed by atoms with Gasteiger partial charge < -0.3 is 0 Å². The third kappa shape index (κ3) is 2.32. The summed E-state index contributed by atoms with van der Waals surface area (Å²) in [7, 11) is 0. The third-order valence-electron chi connectivity index (χ3n) is 2.27. The van der Waals surface area contributed by atoms with Crippen molar-refractivity contribution < 1.29 is 0 Å². The first kappa shape index (κ1) is 9.66. The fourth-order valence-electron chi connectivity index (χ4n) is 1.56. The van der Waals surface area contributed by atoms with Gasteiger partial charge in [-0.15, -0.1) is 6.58 Å². The van der Waals surface area contributed by atoms with E-state index in [4.69, 9.17) is 0 Å². The molecule has 74 valence electrons. The van der Waals surface area contributed by atoms with Gasteiger partial charge in [-0.05, 0) is 30.2 Å². The molecular weight excluding hydrogens is 182 g/mol. The number of aromatic nitrogens is 1. The molecule has 0 amide bonds. The second-order valence-electron chi connectivity index (χ2n) is 3.41. The van der Waals surface area contributed by atoms with E-state index >= 15 is 0 Å². The van der Waals surface area contributed by atoms with E-state index in [0.29, 0.717) is 0 Å². The smallest absolute Gasteiger partial charge is 0.0702 e. The molecule has 0 aliphatic carbocycles. The Morgan fingerprint density at radius 2 is 2.07 bits per heavy atom. The zero-order chi connectivity index (χ0) is 10.5. The molecule has 0 aliphatic rings. The van der Waals surface area contributed by atoms with Gasteiger partial charge in [-0.25, -0.2) is 0 Å². The Labute approximate surface area is 90.1 Å². The van der Waals surface area contributed by atoms with Crippen LogP contribution in [0, 0.1) is 0 Å². The van der Waals surface area contributed by atoms with Crippen LogP contribution in [0.15, 0.2) is 61.3 Å². The van der Waals surface area contributed by atoms with Crippen LogP contribution in [0.3, 0.4) is 0 Å². The second-order valence-corrected chi connectivity index (χ2v) is 3.41. The average Bonchev–Trinajstić information content (AvgIpc) is 2.31. The van der Waals surface area contributed by atoms with Gasteiger partial charge in [0.25, 0.3) is 0 Å². The number of hydrogen-bond donors (Lipinski definition) is 0. The molecule has 0 radical (unpaired) electrons. The van der Waals surface area contributed by atoms with Crippen molar-refractivity contribution in [3.05, 3.63) is 66.9 Å². The summed E-state index contributed by atoms with van der Waals surface area (Å²) in [6.45, 7) is 3.74. The van der Waals surface area contributed by atoms with E-state index in [1.54, 1.807) is 0 Å². The molecule has 0 aliphatic heterocycles. The van der Waals surface area contributed by atoms with E-state index in [9.17, 15) is 0 Å². The van der Waals surface area contributed by atoms with Crippen molar-refractivity contribution in [3.63, 3.8) is 0 Å². The maximum atomic E-state index is 4.32. The van der Waals surface area contributed by atoms with Crippen molar-refractivity contribution in [2.45, 2.75) is 6.42 Å². The normalized spacial score (nSPS) is 9.87. The molecule has 0 spiro atoms. The Morgan fingerprint density at radius 1 is 1.13 bits per heavy atom. The number of hydrogen-bond acceptors (Lipinski definition) is 1. The van der Waals surface area contributed by atoms with Crippen molar-refractivity contribution >= 4 is 0 Å². The van der Waals surface area contributed by atoms with Gasteiger partial charge in [0, 0.05) is 11.8 Å². The second kappa shape index (κ2) is 4.56. The molecule has 2 rings (SSSR count). The topological polar surface area (TPSA) is 12.9 Å². The van der Waals surface area contributed by atoms with E-state index in [-0.39, 0.29) is 0 Å². The minimum Gasteiger partial charge on any atom is -0.256 e. The van der Waals surface area contributed by atoms with Crippen LogP contribution in [0.5, 0.6) is 0 Å². The Balaban J connectivity index is 2.37. The van der Waals surface area contributed by atoms with Crippen LogP contribution in [0.25, 0.3) is 11.3 Å². The summed E-state index contributed by atoms with van der Waals surface area (Å²) in [5.74, 6) is 0. The monoisotopic (exact) mass is 195 g/mol. The lowest BCUT2D eigenvalue weighted by Gasteiger charge is -2.02. The highest BCUT2D eigenvalue weighted by atomic mass is 14.7.